The van der Waals surface area contributed by atoms with Gasteiger partial charge in [0.1, 0.15) is 5.75 Å². The summed E-state index contributed by atoms with van der Waals surface area (Å²) < 4.78 is 5.01. The van der Waals surface area contributed by atoms with Gasteiger partial charge in [0.25, 0.3) is 11.6 Å². The van der Waals surface area contributed by atoms with Gasteiger partial charge >= 0.3 is 0 Å². The fourth-order valence-electron chi connectivity index (χ4n) is 1.65. The molecule has 0 radical (unpaired) electrons. The molecule has 0 saturated carbocycles. The first-order valence-electron chi connectivity index (χ1n) is 6.13. The van der Waals surface area contributed by atoms with Crippen molar-refractivity contribution in [2.75, 3.05) is 13.7 Å². The third-order valence-corrected chi connectivity index (χ3v) is 3.19. The number of methoxy groups -OCH3 is 1. The van der Waals surface area contributed by atoms with E-state index in [0.29, 0.717) is 6.42 Å². The number of nitrogens with one attached hydrogen (secondary N) is 1. The minimum atomic E-state index is -0.841. The smallest absolute Gasteiger partial charge is 0.285 e. The summed E-state index contributed by atoms with van der Waals surface area (Å²) in [4.78, 5) is 22.7. The van der Waals surface area contributed by atoms with E-state index >= 15 is 0 Å². The maximum Gasteiger partial charge on any atom is 0.285 e. The molecule has 20 heavy (non-hydrogen) atoms. The highest BCUT2D eigenvalue weighted by molar-refractivity contribution is 6.01. The molecule has 1 unspecified atom stereocenters. The number of hydrogen-bond donors (Lipinski definition) is 2. The molecule has 0 heterocycles. The summed E-state index contributed by atoms with van der Waals surface area (Å²) in [7, 11) is 1.33. The number of nitro benzene ring substituents is 1. The maximum absolute atomic E-state index is 12.3. The Labute approximate surface area is 116 Å². The minimum Gasteiger partial charge on any atom is -0.496 e. The molecule has 0 aliphatic heterocycles. The topological polar surface area (TPSA) is 102 Å². The number of hydrogen-bond acceptors (Lipinski definition) is 5. The van der Waals surface area contributed by atoms with Gasteiger partial charge in [-0.05, 0) is 19.4 Å². The molecule has 1 aromatic rings. The largest absolute Gasteiger partial charge is 0.496 e. The first-order valence-corrected chi connectivity index (χ1v) is 6.13. The van der Waals surface area contributed by atoms with Crippen LogP contribution >= 0.6 is 0 Å². The van der Waals surface area contributed by atoms with Gasteiger partial charge in [0, 0.05) is 6.07 Å². The normalized spacial score (nSPS) is 13.4. The third-order valence-electron chi connectivity index (χ3n) is 3.19. The minimum absolute atomic E-state index is 0.119. The van der Waals surface area contributed by atoms with E-state index in [4.69, 9.17) is 4.74 Å². The quantitative estimate of drug-likeness (QED) is 0.608. The van der Waals surface area contributed by atoms with Gasteiger partial charge in [-0.15, -0.1) is 0 Å². The summed E-state index contributed by atoms with van der Waals surface area (Å²) in [5.41, 5.74) is -1.32. The molecule has 0 spiro atoms. The fraction of sp³-hybridized carbons (Fsp3) is 0.462. The molecule has 1 rings (SSSR count). The highest BCUT2D eigenvalue weighted by atomic mass is 16.6. The number of ether oxygens (including phenoxy) is 1. The second kappa shape index (κ2) is 6.33. The average molecular weight is 282 g/mol. The molecule has 110 valence electrons. The molecule has 7 heteroatoms. The Morgan fingerprint density at radius 2 is 2.20 bits per heavy atom. The number of carbonyl (C=O) groups is 1. The first kappa shape index (κ1) is 15.9. The summed E-state index contributed by atoms with van der Waals surface area (Å²) in [5, 5.41) is 22.9. The van der Waals surface area contributed by atoms with Crippen LogP contribution in [0.2, 0.25) is 0 Å². The number of rotatable bonds is 6. The van der Waals surface area contributed by atoms with Crippen molar-refractivity contribution in [1.82, 2.24) is 5.32 Å². The van der Waals surface area contributed by atoms with Crippen molar-refractivity contribution in [3.63, 3.8) is 0 Å². The van der Waals surface area contributed by atoms with Crippen LogP contribution in [0.5, 0.6) is 5.75 Å². The van der Waals surface area contributed by atoms with E-state index in [1.807, 2.05) is 0 Å². The summed E-state index contributed by atoms with van der Waals surface area (Å²) in [6.07, 6.45) is 0.484. The lowest BCUT2D eigenvalue weighted by Crippen LogP contribution is -2.48. The Hall–Kier alpha value is -2.15. The zero-order valence-corrected chi connectivity index (χ0v) is 11.7. The number of aliphatic hydroxyl groups is 1. The number of nitrogens with zero attached hydrogens (tertiary/aromatic N) is 1. The number of amides is 1. The van der Waals surface area contributed by atoms with Crippen molar-refractivity contribution >= 4 is 11.6 Å². The van der Waals surface area contributed by atoms with Crippen molar-refractivity contribution in [3.05, 3.63) is 33.9 Å². The number of aliphatic hydroxyl groups excluding tert-OH is 1. The van der Waals surface area contributed by atoms with Crippen LogP contribution in [0.15, 0.2) is 18.2 Å². The lowest BCUT2D eigenvalue weighted by molar-refractivity contribution is -0.385. The summed E-state index contributed by atoms with van der Waals surface area (Å²) in [6.45, 7) is 3.19. The van der Waals surface area contributed by atoms with Gasteiger partial charge in [-0.1, -0.05) is 13.0 Å². The number of nitro groups is 1. The van der Waals surface area contributed by atoms with Gasteiger partial charge in [-0.25, -0.2) is 0 Å². The van der Waals surface area contributed by atoms with Crippen molar-refractivity contribution < 1.29 is 19.6 Å². The van der Waals surface area contributed by atoms with Gasteiger partial charge in [0.15, 0.2) is 5.56 Å². The molecule has 7 nitrogen and oxygen atoms in total. The fourth-order valence-corrected chi connectivity index (χ4v) is 1.65. The molecule has 1 aromatic carbocycles. The van der Waals surface area contributed by atoms with E-state index in [9.17, 15) is 20.0 Å². The van der Waals surface area contributed by atoms with Crippen LogP contribution in [-0.4, -0.2) is 35.2 Å². The Morgan fingerprint density at radius 1 is 1.55 bits per heavy atom. The van der Waals surface area contributed by atoms with E-state index < -0.39 is 16.4 Å². The highest BCUT2D eigenvalue weighted by Gasteiger charge is 2.30. The standard InChI is InChI=1S/C13H18N2O5/c1-4-13(2,8-16)14-12(17)11-9(15(18)19)6-5-7-10(11)20-3/h5-7,16H,4,8H2,1-3H3,(H,14,17). The van der Waals surface area contributed by atoms with Crippen molar-refractivity contribution in [2.24, 2.45) is 0 Å². The molecule has 0 aliphatic rings. The van der Waals surface area contributed by atoms with E-state index in [1.54, 1.807) is 13.8 Å². The van der Waals surface area contributed by atoms with Crippen LogP contribution < -0.4 is 10.1 Å². The highest BCUT2D eigenvalue weighted by Crippen LogP contribution is 2.28. The molecule has 0 bridgehead atoms. The summed E-state index contributed by atoms with van der Waals surface area (Å²) in [6, 6.07) is 4.16. The molecule has 0 fully saturated rings. The molecule has 1 amide bonds. The third kappa shape index (κ3) is 3.24. The summed E-state index contributed by atoms with van der Waals surface area (Å²) in [5.74, 6) is -0.527. The molecule has 1 atom stereocenters. The van der Waals surface area contributed by atoms with Crippen LogP contribution in [0.4, 0.5) is 5.69 Å². The molecular formula is C13H18N2O5. The summed E-state index contributed by atoms with van der Waals surface area (Å²) >= 11 is 0. The van der Waals surface area contributed by atoms with Gasteiger partial charge < -0.3 is 15.2 Å². The molecule has 0 aromatic heterocycles. The second-order valence-electron chi connectivity index (χ2n) is 4.64. The number of carbonyl (C=O) groups excluding carboxylic acids is 1. The van der Waals surface area contributed by atoms with Crippen LogP contribution in [0.1, 0.15) is 30.6 Å². The monoisotopic (exact) mass is 282 g/mol. The Balaban J connectivity index is 3.24. The van der Waals surface area contributed by atoms with Gasteiger partial charge in [-0.3, -0.25) is 14.9 Å². The van der Waals surface area contributed by atoms with Crippen LogP contribution in [0.25, 0.3) is 0 Å². The van der Waals surface area contributed by atoms with Gasteiger partial charge in [0.05, 0.1) is 24.2 Å². The predicted octanol–water partition coefficient (Wildman–Crippen LogP) is 1.49. The number of benzene rings is 1. The van der Waals surface area contributed by atoms with E-state index in [1.165, 1.54) is 25.3 Å². The first-order chi connectivity index (χ1) is 9.38. The lowest BCUT2D eigenvalue weighted by Gasteiger charge is -2.27. The lowest BCUT2D eigenvalue weighted by atomic mass is 9.99. The van der Waals surface area contributed by atoms with E-state index in [2.05, 4.69) is 5.32 Å². The van der Waals surface area contributed by atoms with Gasteiger partial charge in [-0.2, -0.15) is 0 Å². The zero-order valence-electron chi connectivity index (χ0n) is 11.7. The van der Waals surface area contributed by atoms with Crippen molar-refractivity contribution in [3.8, 4) is 5.75 Å². The van der Waals surface area contributed by atoms with Crippen LogP contribution in [0.3, 0.4) is 0 Å². The second-order valence-corrected chi connectivity index (χ2v) is 4.64. The van der Waals surface area contributed by atoms with Crippen molar-refractivity contribution in [2.45, 2.75) is 25.8 Å². The molecule has 2 N–H and O–H groups in total. The van der Waals surface area contributed by atoms with E-state index in [-0.39, 0.29) is 23.6 Å². The maximum atomic E-state index is 12.3. The molecule has 0 saturated heterocycles. The molecular weight excluding hydrogens is 264 g/mol. The Morgan fingerprint density at radius 3 is 2.65 bits per heavy atom. The van der Waals surface area contributed by atoms with Gasteiger partial charge in [0.2, 0.25) is 0 Å². The van der Waals surface area contributed by atoms with E-state index in [0.717, 1.165) is 0 Å². The SMILES string of the molecule is CCC(C)(CO)NC(=O)c1c(OC)cccc1[N+](=O)[O-]. The van der Waals surface area contributed by atoms with Crippen LogP contribution in [0, 0.1) is 10.1 Å². The zero-order chi connectivity index (χ0) is 15.3. The Bertz CT molecular complexity index is 511. The van der Waals surface area contributed by atoms with Crippen LogP contribution in [-0.2, 0) is 0 Å². The average Bonchev–Trinajstić information content (AvgIpc) is 2.45. The Kier molecular flexibility index (Phi) is 5.04. The molecule has 0 aliphatic carbocycles. The van der Waals surface area contributed by atoms with Crippen molar-refractivity contribution in [1.29, 1.82) is 0 Å². The predicted molar refractivity (Wildman–Crippen MR) is 72.9 cm³/mol.